The van der Waals surface area contributed by atoms with Crippen LogP contribution in [0.2, 0.25) is 0 Å². The molecule has 2 aromatic rings. The summed E-state index contributed by atoms with van der Waals surface area (Å²) in [5.74, 6) is 0.327. The van der Waals surface area contributed by atoms with Crippen molar-refractivity contribution in [3.05, 3.63) is 34.0 Å². The van der Waals surface area contributed by atoms with E-state index in [9.17, 15) is 4.79 Å². The summed E-state index contributed by atoms with van der Waals surface area (Å²) in [5, 5.41) is 5.77. The Labute approximate surface area is 85.2 Å². The number of hydrogen-bond acceptors (Lipinski definition) is 4. The number of nitrogens with zero attached hydrogens (tertiary/aromatic N) is 3. The minimum atomic E-state index is -0.0579. The molecule has 0 atom stereocenters. The molecule has 0 aliphatic rings. The number of carbonyl (C=O) groups excluding carboxylic acids is 1. The van der Waals surface area contributed by atoms with Gasteiger partial charge in [-0.1, -0.05) is 0 Å². The van der Waals surface area contributed by atoms with Crippen molar-refractivity contribution in [2.75, 3.05) is 0 Å². The largest absolute Gasteiger partial charge is 0.284 e. The zero-order valence-electron chi connectivity index (χ0n) is 7.89. The molecule has 2 heterocycles. The van der Waals surface area contributed by atoms with E-state index in [0.29, 0.717) is 5.82 Å². The van der Waals surface area contributed by atoms with Crippen LogP contribution in [-0.4, -0.2) is 20.5 Å². The Bertz CT molecular complexity index is 430. The minimum Gasteiger partial charge on any atom is -0.284 e. The maximum Gasteiger partial charge on any atom is 0.240 e. The summed E-state index contributed by atoms with van der Waals surface area (Å²) in [6, 6.07) is 1.92. The van der Waals surface area contributed by atoms with E-state index in [1.165, 1.54) is 22.3 Å². The van der Waals surface area contributed by atoms with Crippen LogP contribution in [-0.2, 0) is 7.05 Å². The molecule has 0 saturated carbocycles. The first-order valence-electron chi connectivity index (χ1n) is 4.13. The maximum atomic E-state index is 11.9. The van der Waals surface area contributed by atoms with Crippen LogP contribution in [0.15, 0.2) is 17.8 Å². The van der Waals surface area contributed by atoms with Crippen molar-refractivity contribution in [2.45, 2.75) is 6.92 Å². The third-order valence-corrected chi connectivity index (χ3v) is 3.00. The molecular weight excluding hydrogens is 198 g/mol. The lowest BCUT2D eigenvalue weighted by molar-refractivity contribution is 0.102. The van der Waals surface area contributed by atoms with Crippen LogP contribution in [0.4, 0.5) is 0 Å². The summed E-state index contributed by atoms with van der Waals surface area (Å²) >= 11 is 1.43. The normalized spacial score (nSPS) is 10.4. The quantitative estimate of drug-likeness (QED) is 0.700. The van der Waals surface area contributed by atoms with Crippen molar-refractivity contribution in [3.8, 4) is 0 Å². The first kappa shape index (κ1) is 9.08. The molecule has 0 saturated heterocycles. The fourth-order valence-corrected chi connectivity index (χ4v) is 2.07. The Morgan fingerprint density at radius 2 is 2.36 bits per heavy atom. The molecule has 2 rings (SSSR count). The smallest absolute Gasteiger partial charge is 0.240 e. The zero-order chi connectivity index (χ0) is 10.1. The van der Waals surface area contributed by atoms with Crippen molar-refractivity contribution < 1.29 is 4.79 Å². The van der Waals surface area contributed by atoms with Gasteiger partial charge in [0.1, 0.15) is 6.33 Å². The molecular formula is C9H9N3OS. The summed E-state index contributed by atoms with van der Waals surface area (Å²) in [6.07, 6.45) is 1.39. The monoisotopic (exact) mass is 207 g/mol. The third-order valence-electron chi connectivity index (χ3n) is 1.98. The highest BCUT2D eigenvalue weighted by Crippen LogP contribution is 2.18. The highest BCUT2D eigenvalue weighted by atomic mass is 32.1. The maximum absolute atomic E-state index is 11.9. The standard InChI is InChI=1S/C9H9N3OS/c1-6-3-4-14-8(6)7(13)9-10-5-11-12(9)2/h3-5H,1-2H3. The van der Waals surface area contributed by atoms with Gasteiger partial charge in [-0.2, -0.15) is 5.10 Å². The van der Waals surface area contributed by atoms with Crippen molar-refractivity contribution in [1.82, 2.24) is 14.8 Å². The van der Waals surface area contributed by atoms with Gasteiger partial charge < -0.3 is 0 Å². The predicted octanol–water partition coefficient (Wildman–Crippen LogP) is 1.42. The lowest BCUT2D eigenvalue weighted by Gasteiger charge is -1.97. The fraction of sp³-hybridized carbons (Fsp3) is 0.222. The van der Waals surface area contributed by atoms with Gasteiger partial charge in [0, 0.05) is 7.05 Å². The number of aromatic nitrogens is 3. The Morgan fingerprint density at radius 1 is 1.57 bits per heavy atom. The van der Waals surface area contributed by atoms with Gasteiger partial charge in [0.2, 0.25) is 5.78 Å². The molecule has 0 aromatic carbocycles. The topological polar surface area (TPSA) is 47.8 Å². The second kappa shape index (κ2) is 3.34. The van der Waals surface area contributed by atoms with Crippen LogP contribution in [0.25, 0.3) is 0 Å². The van der Waals surface area contributed by atoms with Crippen molar-refractivity contribution in [1.29, 1.82) is 0 Å². The lowest BCUT2D eigenvalue weighted by Crippen LogP contribution is -2.09. The van der Waals surface area contributed by atoms with E-state index in [1.54, 1.807) is 7.05 Å². The number of ketones is 1. The van der Waals surface area contributed by atoms with Gasteiger partial charge >= 0.3 is 0 Å². The fourth-order valence-electron chi connectivity index (χ4n) is 1.21. The first-order valence-corrected chi connectivity index (χ1v) is 5.01. The van der Waals surface area contributed by atoms with Crippen LogP contribution in [0.1, 0.15) is 21.1 Å². The van der Waals surface area contributed by atoms with E-state index in [-0.39, 0.29) is 5.78 Å². The van der Waals surface area contributed by atoms with E-state index in [4.69, 9.17) is 0 Å². The summed E-state index contributed by atoms with van der Waals surface area (Å²) in [6.45, 7) is 1.92. The molecule has 0 aliphatic carbocycles. The molecule has 0 fully saturated rings. The molecule has 0 spiro atoms. The number of hydrogen-bond donors (Lipinski definition) is 0. The predicted molar refractivity (Wildman–Crippen MR) is 53.5 cm³/mol. The van der Waals surface area contributed by atoms with E-state index in [0.717, 1.165) is 10.4 Å². The first-order chi connectivity index (χ1) is 6.70. The zero-order valence-corrected chi connectivity index (χ0v) is 8.71. The van der Waals surface area contributed by atoms with Crippen LogP contribution in [0, 0.1) is 6.92 Å². The lowest BCUT2D eigenvalue weighted by atomic mass is 10.2. The summed E-state index contributed by atoms with van der Waals surface area (Å²) in [7, 11) is 1.71. The van der Waals surface area contributed by atoms with E-state index in [2.05, 4.69) is 10.1 Å². The van der Waals surface area contributed by atoms with Crippen LogP contribution in [0.5, 0.6) is 0 Å². The van der Waals surface area contributed by atoms with E-state index >= 15 is 0 Å². The van der Waals surface area contributed by atoms with Crippen LogP contribution < -0.4 is 0 Å². The number of carbonyl (C=O) groups is 1. The van der Waals surface area contributed by atoms with Crippen molar-refractivity contribution >= 4 is 17.1 Å². The molecule has 0 bridgehead atoms. The molecule has 2 aromatic heterocycles. The van der Waals surface area contributed by atoms with Crippen molar-refractivity contribution in [3.63, 3.8) is 0 Å². The van der Waals surface area contributed by atoms with Gasteiger partial charge in [-0.25, -0.2) is 9.67 Å². The second-order valence-electron chi connectivity index (χ2n) is 2.97. The molecule has 72 valence electrons. The average Bonchev–Trinajstić information content (AvgIpc) is 2.73. The van der Waals surface area contributed by atoms with E-state index in [1.807, 2.05) is 18.4 Å². The number of rotatable bonds is 2. The molecule has 0 radical (unpaired) electrons. The summed E-state index contributed by atoms with van der Waals surface area (Å²) < 4.78 is 1.49. The van der Waals surface area contributed by atoms with Gasteiger partial charge in [-0.15, -0.1) is 11.3 Å². The molecule has 0 aliphatic heterocycles. The summed E-state index contributed by atoms with van der Waals surface area (Å²) in [4.78, 5) is 16.6. The highest BCUT2D eigenvalue weighted by molar-refractivity contribution is 7.12. The Morgan fingerprint density at radius 3 is 2.86 bits per heavy atom. The second-order valence-corrected chi connectivity index (χ2v) is 3.89. The van der Waals surface area contributed by atoms with Gasteiger partial charge in [0.25, 0.3) is 0 Å². The van der Waals surface area contributed by atoms with Gasteiger partial charge in [0.05, 0.1) is 4.88 Å². The SMILES string of the molecule is Cc1ccsc1C(=O)c1ncnn1C. The molecule has 0 unspecified atom stereocenters. The van der Waals surface area contributed by atoms with Crippen molar-refractivity contribution in [2.24, 2.45) is 7.05 Å². The Hall–Kier alpha value is -1.49. The van der Waals surface area contributed by atoms with Gasteiger partial charge in [0.15, 0.2) is 5.82 Å². The molecule has 4 nitrogen and oxygen atoms in total. The van der Waals surface area contributed by atoms with E-state index < -0.39 is 0 Å². The van der Waals surface area contributed by atoms with Gasteiger partial charge in [-0.05, 0) is 23.9 Å². The molecule has 0 amide bonds. The Balaban J connectivity index is 2.44. The summed E-state index contributed by atoms with van der Waals surface area (Å²) in [5.41, 5.74) is 0.989. The molecule has 5 heteroatoms. The molecule has 14 heavy (non-hydrogen) atoms. The third kappa shape index (κ3) is 1.35. The van der Waals surface area contributed by atoms with Crippen LogP contribution in [0.3, 0.4) is 0 Å². The minimum absolute atomic E-state index is 0.0579. The number of thiophene rings is 1. The average molecular weight is 207 g/mol. The highest BCUT2D eigenvalue weighted by Gasteiger charge is 2.17. The molecule has 0 N–H and O–H groups in total. The van der Waals surface area contributed by atoms with Gasteiger partial charge in [-0.3, -0.25) is 4.79 Å². The Kier molecular flexibility index (Phi) is 2.17. The number of aryl methyl sites for hydroxylation is 2. The van der Waals surface area contributed by atoms with Crippen LogP contribution >= 0.6 is 11.3 Å².